The fraction of sp³-hybridized carbons (Fsp3) is 0.455. The first-order chi connectivity index (χ1) is 7.61. The molecule has 0 spiro atoms. The molecule has 1 rings (SSSR count). The first-order valence-electron chi connectivity index (χ1n) is 5.12. The van der Waals surface area contributed by atoms with E-state index in [9.17, 15) is 4.79 Å². The standard InChI is InChI=1S/C11H16N4O/c1-4-6-15(7-5-2)11(16)9-8-13-14(3)10(9)12/h1,8H,5-7,12H2,2-3H3. The molecule has 0 radical (unpaired) electrons. The maximum atomic E-state index is 12.1. The highest BCUT2D eigenvalue weighted by Crippen LogP contribution is 2.12. The Bertz CT molecular complexity index is 416. The Labute approximate surface area is 95.2 Å². The van der Waals surface area contributed by atoms with Crippen molar-refractivity contribution in [1.29, 1.82) is 0 Å². The zero-order valence-corrected chi connectivity index (χ0v) is 9.60. The van der Waals surface area contributed by atoms with E-state index in [1.165, 1.54) is 10.9 Å². The number of terminal acetylenes is 1. The summed E-state index contributed by atoms with van der Waals surface area (Å²) in [6, 6.07) is 0. The monoisotopic (exact) mass is 220 g/mol. The average molecular weight is 220 g/mol. The van der Waals surface area contributed by atoms with Crippen LogP contribution in [0.25, 0.3) is 0 Å². The van der Waals surface area contributed by atoms with Crippen molar-refractivity contribution in [3.63, 3.8) is 0 Å². The third-order valence-electron chi connectivity index (χ3n) is 2.28. The fourth-order valence-corrected chi connectivity index (χ4v) is 1.41. The summed E-state index contributed by atoms with van der Waals surface area (Å²) in [5, 5.41) is 3.93. The summed E-state index contributed by atoms with van der Waals surface area (Å²) in [4.78, 5) is 13.6. The summed E-state index contributed by atoms with van der Waals surface area (Å²) >= 11 is 0. The second-order valence-corrected chi connectivity index (χ2v) is 3.50. The molecule has 16 heavy (non-hydrogen) atoms. The maximum absolute atomic E-state index is 12.1. The molecule has 0 bridgehead atoms. The lowest BCUT2D eigenvalue weighted by molar-refractivity contribution is 0.0778. The number of anilines is 1. The summed E-state index contributed by atoms with van der Waals surface area (Å²) in [5.74, 6) is 2.67. The number of hydrogen-bond acceptors (Lipinski definition) is 3. The molecule has 2 N–H and O–H groups in total. The molecule has 0 fully saturated rings. The fourth-order valence-electron chi connectivity index (χ4n) is 1.41. The Morgan fingerprint density at radius 3 is 2.88 bits per heavy atom. The largest absolute Gasteiger partial charge is 0.383 e. The molecule has 0 aliphatic heterocycles. The van der Waals surface area contributed by atoms with Gasteiger partial charge in [0.25, 0.3) is 5.91 Å². The molecule has 5 heteroatoms. The highest BCUT2D eigenvalue weighted by molar-refractivity contribution is 5.98. The number of carbonyl (C=O) groups excluding carboxylic acids is 1. The Kier molecular flexibility index (Phi) is 3.95. The number of nitrogen functional groups attached to an aromatic ring is 1. The summed E-state index contributed by atoms with van der Waals surface area (Å²) < 4.78 is 1.47. The van der Waals surface area contributed by atoms with Gasteiger partial charge in [-0.3, -0.25) is 9.48 Å². The van der Waals surface area contributed by atoms with Gasteiger partial charge >= 0.3 is 0 Å². The van der Waals surface area contributed by atoms with Crippen molar-refractivity contribution in [2.75, 3.05) is 18.8 Å². The minimum absolute atomic E-state index is 0.162. The Morgan fingerprint density at radius 1 is 1.75 bits per heavy atom. The molecular weight excluding hydrogens is 204 g/mol. The van der Waals surface area contributed by atoms with E-state index in [0.717, 1.165) is 6.42 Å². The van der Waals surface area contributed by atoms with E-state index in [1.807, 2.05) is 6.92 Å². The Hall–Kier alpha value is -1.96. The highest BCUT2D eigenvalue weighted by Gasteiger charge is 2.19. The number of aryl methyl sites for hydroxylation is 1. The molecule has 0 aliphatic carbocycles. The van der Waals surface area contributed by atoms with Crippen LogP contribution in [0.1, 0.15) is 23.7 Å². The molecule has 1 aromatic heterocycles. The van der Waals surface area contributed by atoms with E-state index < -0.39 is 0 Å². The van der Waals surface area contributed by atoms with Gasteiger partial charge in [-0.25, -0.2) is 0 Å². The predicted octanol–water partition coefficient (Wildman–Crippen LogP) is 0.488. The van der Waals surface area contributed by atoms with E-state index in [4.69, 9.17) is 12.2 Å². The van der Waals surface area contributed by atoms with Crippen molar-refractivity contribution in [1.82, 2.24) is 14.7 Å². The number of carbonyl (C=O) groups is 1. The normalized spacial score (nSPS) is 9.81. The van der Waals surface area contributed by atoms with Crippen molar-refractivity contribution < 1.29 is 4.79 Å². The van der Waals surface area contributed by atoms with Crippen molar-refractivity contribution in [3.8, 4) is 12.3 Å². The number of rotatable bonds is 4. The molecule has 0 saturated carbocycles. The summed E-state index contributed by atoms with van der Waals surface area (Å²) in [6.07, 6.45) is 7.55. The van der Waals surface area contributed by atoms with E-state index in [-0.39, 0.29) is 5.91 Å². The molecule has 0 aromatic carbocycles. The lowest BCUT2D eigenvalue weighted by Crippen LogP contribution is -2.32. The zero-order valence-electron chi connectivity index (χ0n) is 9.60. The molecule has 0 saturated heterocycles. The zero-order chi connectivity index (χ0) is 12.1. The van der Waals surface area contributed by atoms with Crippen LogP contribution in [0.2, 0.25) is 0 Å². The van der Waals surface area contributed by atoms with Gasteiger partial charge in [0.1, 0.15) is 11.4 Å². The molecule has 0 aliphatic rings. The second kappa shape index (κ2) is 5.21. The summed E-state index contributed by atoms with van der Waals surface area (Å²) in [5.41, 5.74) is 6.14. The van der Waals surface area contributed by atoms with Crippen LogP contribution in [0.4, 0.5) is 5.82 Å². The Morgan fingerprint density at radius 2 is 2.44 bits per heavy atom. The second-order valence-electron chi connectivity index (χ2n) is 3.50. The lowest BCUT2D eigenvalue weighted by atomic mass is 10.2. The number of aromatic nitrogens is 2. The highest BCUT2D eigenvalue weighted by atomic mass is 16.2. The summed E-state index contributed by atoms with van der Waals surface area (Å²) in [6.45, 7) is 2.90. The third-order valence-corrected chi connectivity index (χ3v) is 2.28. The van der Waals surface area contributed by atoms with Crippen molar-refractivity contribution in [3.05, 3.63) is 11.8 Å². The van der Waals surface area contributed by atoms with Crippen molar-refractivity contribution in [2.45, 2.75) is 13.3 Å². The predicted molar refractivity (Wildman–Crippen MR) is 62.6 cm³/mol. The van der Waals surface area contributed by atoms with Crippen LogP contribution >= 0.6 is 0 Å². The molecule has 0 unspecified atom stereocenters. The third kappa shape index (κ3) is 2.34. The van der Waals surface area contributed by atoms with E-state index in [2.05, 4.69) is 11.0 Å². The lowest BCUT2D eigenvalue weighted by Gasteiger charge is -2.18. The number of hydrogen-bond donors (Lipinski definition) is 1. The van der Waals surface area contributed by atoms with E-state index in [1.54, 1.807) is 11.9 Å². The summed E-state index contributed by atoms with van der Waals surface area (Å²) in [7, 11) is 1.69. The van der Waals surface area contributed by atoms with Crippen LogP contribution in [0.5, 0.6) is 0 Å². The van der Waals surface area contributed by atoms with E-state index >= 15 is 0 Å². The number of nitrogens with zero attached hydrogens (tertiary/aromatic N) is 3. The molecule has 86 valence electrons. The van der Waals surface area contributed by atoms with Crippen molar-refractivity contribution >= 4 is 11.7 Å². The van der Waals surface area contributed by atoms with Crippen LogP contribution in [0.15, 0.2) is 6.20 Å². The van der Waals surface area contributed by atoms with Gasteiger partial charge in [-0.2, -0.15) is 5.10 Å². The first kappa shape index (κ1) is 12.1. The topological polar surface area (TPSA) is 64.2 Å². The van der Waals surface area contributed by atoms with Gasteiger partial charge in [0.2, 0.25) is 0 Å². The van der Waals surface area contributed by atoms with Crippen LogP contribution in [0, 0.1) is 12.3 Å². The molecule has 5 nitrogen and oxygen atoms in total. The van der Waals surface area contributed by atoms with Gasteiger partial charge in [0.15, 0.2) is 0 Å². The molecular formula is C11H16N4O. The molecule has 1 aromatic rings. The van der Waals surface area contributed by atoms with Gasteiger partial charge < -0.3 is 10.6 Å². The van der Waals surface area contributed by atoms with Crippen molar-refractivity contribution in [2.24, 2.45) is 7.05 Å². The minimum atomic E-state index is -0.162. The average Bonchev–Trinajstić information content (AvgIpc) is 2.59. The van der Waals surface area contributed by atoms with Gasteiger partial charge in [-0.1, -0.05) is 12.8 Å². The number of nitrogens with two attached hydrogens (primary N) is 1. The maximum Gasteiger partial charge on any atom is 0.260 e. The van der Waals surface area contributed by atoms with E-state index in [0.29, 0.717) is 24.5 Å². The SMILES string of the molecule is C#CCN(CCC)C(=O)c1cnn(C)c1N. The van der Waals surface area contributed by atoms with Crippen LogP contribution in [-0.4, -0.2) is 33.7 Å². The number of amides is 1. The van der Waals surface area contributed by atoms with Crippen LogP contribution < -0.4 is 5.73 Å². The smallest absolute Gasteiger partial charge is 0.260 e. The molecule has 0 atom stereocenters. The molecule has 1 heterocycles. The van der Waals surface area contributed by atoms with Gasteiger partial charge in [0, 0.05) is 13.6 Å². The van der Waals surface area contributed by atoms with Gasteiger partial charge in [-0.05, 0) is 6.42 Å². The van der Waals surface area contributed by atoms with Gasteiger partial charge in [0.05, 0.1) is 12.7 Å². The molecule has 1 amide bonds. The first-order valence-corrected chi connectivity index (χ1v) is 5.12. The quantitative estimate of drug-likeness (QED) is 0.751. The van der Waals surface area contributed by atoms with Crippen LogP contribution in [0.3, 0.4) is 0 Å². The van der Waals surface area contributed by atoms with Gasteiger partial charge in [-0.15, -0.1) is 6.42 Å². The van der Waals surface area contributed by atoms with Crippen LogP contribution in [-0.2, 0) is 7.05 Å². The Balaban J connectivity index is 2.91. The minimum Gasteiger partial charge on any atom is -0.383 e.